The Labute approximate surface area is 123 Å². The van der Waals surface area contributed by atoms with E-state index in [-0.39, 0.29) is 5.92 Å². The van der Waals surface area contributed by atoms with Crippen molar-refractivity contribution in [3.8, 4) is 11.5 Å². The first-order valence-electron chi connectivity index (χ1n) is 7.20. The normalized spacial score (nSPS) is 19.8. The van der Waals surface area contributed by atoms with Crippen molar-refractivity contribution in [2.45, 2.75) is 18.8 Å². The molecule has 0 amide bonds. The van der Waals surface area contributed by atoms with Gasteiger partial charge in [0.25, 0.3) is 0 Å². The van der Waals surface area contributed by atoms with Crippen molar-refractivity contribution in [1.82, 2.24) is 25.2 Å². The highest BCUT2D eigenvalue weighted by molar-refractivity contribution is 5.46. The van der Waals surface area contributed by atoms with E-state index in [1.165, 1.54) is 0 Å². The minimum atomic E-state index is 0.286. The second-order valence-electron chi connectivity index (χ2n) is 5.20. The van der Waals surface area contributed by atoms with Crippen LogP contribution in [-0.2, 0) is 4.74 Å². The van der Waals surface area contributed by atoms with Gasteiger partial charge in [-0.1, -0.05) is 5.16 Å². The molecule has 3 rings (SSSR count). The highest BCUT2D eigenvalue weighted by Gasteiger charge is 2.26. The summed E-state index contributed by atoms with van der Waals surface area (Å²) in [5, 5.41) is 11.9. The van der Waals surface area contributed by atoms with Gasteiger partial charge in [0.2, 0.25) is 11.7 Å². The molecule has 0 saturated carbocycles. The topological polar surface area (TPSA) is 77.2 Å². The van der Waals surface area contributed by atoms with Crippen LogP contribution in [0.3, 0.4) is 0 Å². The monoisotopic (exact) mass is 289 g/mol. The molecule has 0 spiro atoms. The Hall–Kier alpha value is -1.86. The largest absolute Gasteiger partial charge is 0.383 e. The van der Waals surface area contributed by atoms with Gasteiger partial charge in [0.1, 0.15) is 5.69 Å². The molecular formula is C14H19N5O2. The van der Waals surface area contributed by atoms with Gasteiger partial charge in [-0.05, 0) is 31.5 Å². The van der Waals surface area contributed by atoms with Crippen LogP contribution >= 0.6 is 0 Å². The van der Waals surface area contributed by atoms with Gasteiger partial charge >= 0.3 is 0 Å². The number of hydrogen-bond acceptors (Lipinski definition) is 7. The van der Waals surface area contributed by atoms with Gasteiger partial charge in [0.15, 0.2) is 0 Å². The van der Waals surface area contributed by atoms with Crippen LogP contribution in [0.5, 0.6) is 0 Å². The summed E-state index contributed by atoms with van der Waals surface area (Å²) in [6, 6.07) is 3.64. The Balaban J connectivity index is 1.68. The molecular weight excluding hydrogens is 270 g/mol. The lowest BCUT2D eigenvalue weighted by Gasteiger charge is -2.30. The van der Waals surface area contributed by atoms with Crippen LogP contribution in [0.1, 0.15) is 24.7 Å². The Morgan fingerprint density at radius 1 is 1.48 bits per heavy atom. The molecule has 0 aliphatic carbocycles. The van der Waals surface area contributed by atoms with Crippen LogP contribution in [0.25, 0.3) is 11.5 Å². The third kappa shape index (κ3) is 3.43. The minimum absolute atomic E-state index is 0.286. The molecule has 0 N–H and O–H groups in total. The van der Waals surface area contributed by atoms with Gasteiger partial charge in [-0.15, -0.1) is 5.10 Å². The molecule has 0 bridgehead atoms. The second-order valence-corrected chi connectivity index (χ2v) is 5.20. The standard InChI is InChI=1S/C14H19N5O2/c1-20-9-8-19-7-3-4-11(10-19)14-16-13(18-21-14)12-5-2-6-15-17-12/h2,5-6,11H,3-4,7-10H2,1H3. The second kappa shape index (κ2) is 6.73. The number of likely N-dealkylation sites (tertiary alicyclic amines) is 1. The maximum absolute atomic E-state index is 5.42. The number of aromatic nitrogens is 4. The molecule has 21 heavy (non-hydrogen) atoms. The van der Waals surface area contributed by atoms with Crippen LogP contribution in [0.15, 0.2) is 22.9 Å². The SMILES string of the molecule is COCCN1CCCC(c2nc(-c3cccnn3)no2)C1. The van der Waals surface area contributed by atoms with Crippen molar-refractivity contribution in [3.63, 3.8) is 0 Å². The molecule has 112 valence electrons. The molecule has 1 aliphatic rings. The predicted molar refractivity (Wildman–Crippen MR) is 75.6 cm³/mol. The average molecular weight is 289 g/mol. The third-order valence-electron chi connectivity index (χ3n) is 3.71. The highest BCUT2D eigenvalue weighted by atomic mass is 16.5. The van der Waals surface area contributed by atoms with Crippen molar-refractivity contribution in [1.29, 1.82) is 0 Å². The minimum Gasteiger partial charge on any atom is -0.383 e. The fourth-order valence-electron chi connectivity index (χ4n) is 2.61. The van der Waals surface area contributed by atoms with Gasteiger partial charge in [-0.25, -0.2) is 0 Å². The number of methoxy groups -OCH3 is 1. The van der Waals surface area contributed by atoms with E-state index in [2.05, 4.69) is 25.2 Å². The van der Waals surface area contributed by atoms with Crippen LogP contribution < -0.4 is 0 Å². The molecule has 3 heterocycles. The summed E-state index contributed by atoms with van der Waals surface area (Å²) in [5.74, 6) is 1.48. The average Bonchev–Trinajstić information content (AvgIpc) is 3.04. The fraction of sp³-hybridized carbons (Fsp3) is 0.571. The molecule has 1 unspecified atom stereocenters. The van der Waals surface area contributed by atoms with E-state index in [0.717, 1.165) is 39.1 Å². The number of piperidine rings is 1. The van der Waals surface area contributed by atoms with Gasteiger partial charge in [-0.2, -0.15) is 10.1 Å². The summed E-state index contributed by atoms with van der Waals surface area (Å²) in [7, 11) is 1.73. The molecule has 1 aliphatic heterocycles. The third-order valence-corrected chi connectivity index (χ3v) is 3.71. The molecule has 0 aromatic carbocycles. The summed E-state index contributed by atoms with van der Waals surface area (Å²) in [6.07, 6.45) is 3.84. The Morgan fingerprint density at radius 2 is 2.43 bits per heavy atom. The maximum Gasteiger partial charge on any atom is 0.231 e. The van der Waals surface area contributed by atoms with Gasteiger partial charge in [0, 0.05) is 26.4 Å². The maximum atomic E-state index is 5.42. The first kappa shape index (κ1) is 14.1. The molecule has 1 saturated heterocycles. The number of hydrogen-bond donors (Lipinski definition) is 0. The Kier molecular flexibility index (Phi) is 4.52. The first-order chi connectivity index (χ1) is 10.4. The molecule has 1 fully saturated rings. The van der Waals surface area contributed by atoms with Crippen molar-refractivity contribution in [2.24, 2.45) is 0 Å². The van der Waals surface area contributed by atoms with Crippen molar-refractivity contribution < 1.29 is 9.26 Å². The van der Waals surface area contributed by atoms with E-state index >= 15 is 0 Å². The van der Waals surface area contributed by atoms with Crippen LogP contribution in [0.4, 0.5) is 0 Å². The van der Waals surface area contributed by atoms with E-state index in [0.29, 0.717) is 17.4 Å². The van der Waals surface area contributed by atoms with E-state index in [9.17, 15) is 0 Å². The molecule has 1 atom stereocenters. The molecule has 0 radical (unpaired) electrons. The smallest absolute Gasteiger partial charge is 0.231 e. The number of ether oxygens (including phenoxy) is 1. The van der Waals surface area contributed by atoms with Crippen molar-refractivity contribution >= 4 is 0 Å². The lowest BCUT2D eigenvalue weighted by Crippen LogP contribution is -2.36. The van der Waals surface area contributed by atoms with Crippen molar-refractivity contribution in [2.75, 3.05) is 33.4 Å². The lowest BCUT2D eigenvalue weighted by molar-refractivity contribution is 0.122. The summed E-state index contributed by atoms with van der Waals surface area (Å²) >= 11 is 0. The van der Waals surface area contributed by atoms with Gasteiger partial charge in [-0.3, -0.25) is 0 Å². The zero-order chi connectivity index (χ0) is 14.5. The fourth-order valence-corrected chi connectivity index (χ4v) is 2.61. The molecule has 2 aromatic heterocycles. The van der Waals surface area contributed by atoms with Gasteiger partial charge < -0.3 is 14.2 Å². The van der Waals surface area contributed by atoms with Crippen LogP contribution in [0, 0.1) is 0 Å². The van der Waals surface area contributed by atoms with Crippen LogP contribution in [0.2, 0.25) is 0 Å². The predicted octanol–water partition coefficient (Wildman–Crippen LogP) is 1.35. The van der Waals surface area contributed by atoms with Crippen molar-refractivity contribution in [3.05, 3.63) is 24.2 Å². The summed E-state index contributed by atoms with van der Waals surface area (Å²) in [5.41, 5.74) is 0.638. The summed E-state index contributed by atoms with van der Waals surface area (Å²) in [6.45, 7) is 3.73. The zero-order valence-electron chi connectivity index (χ0n) is 12.1. The summed E-state index contributed by atoms with van der Waals surface area (Å²) < 4.78 is 10.6. The molecule has 2 aromatic rings. The highest BCUT2D eigenvalue weighted by Crippen LogP contribution is 2.26. The van der Waals surface area contributed by atoms with E-state index in [1.807, 2.05) is 12.1 Å². The zero-order valence-corrected chi connectivity index (χ0v) is 12.1. The lowest BCUT2D eigenvalue weighted by atomic mass is 9.98. The molecule has 7 heteroatoms. The van der Waals surface area contributed by atoms with E-state index < -0.39 is 0 Å². The van der Waals surface area contributed by atoms with E-state index in [4.69, 9.17) is 9.26 Å². The number of nitrogens with zero attached hydrogens (tertiary/aromatic N) is 5. The Bertz CT molecular complexity index is 560. The number of rotatable bonds is 5. The quantitative estimate of drug-likeness (QED) is 0.822. The Morgan fingerprint density at radius 3 is 3.24 bits per heavy atom. The first-order valence-corrected chi connectivity index (χ1v) is 7.20. The molecule has 7 nitrogen and oxygen atoms in total. The van der Waals surface area contributed by atoms with Crippen LogP contribution in [-0.4, -0.2) is 58.6 Å². The summed E-state index contributed by atoms with van der Waals surface area (Å²) in [4.78, 5) is 6.86. The van der Waals surface area contributed by atoms with E-state index in [1.54, 1.807) is 13.3 Å². The van der Waals surface area contributed by atoms with Gasteiger partial charge in [0.05, 0.1) is 12.5 Å².